The number of benzene rings is 5. The zero-order valence-electron chi connectivity index (χ0n) is 35.2. The van der Waals surface area contributed by atoms with Gasteiger partial charge >= 0.3 is 0 Å². The average molecular weight is 736 g/mol. The van der Waals surface area contributed by atoms with E-state index in [-0.39, 0.29) is 34.0 Å². The van der Waals surface area contributed by atoms with Crippen LogP contribution in [0.4, 0.5) is 39.8 Å². The maximum Gasteiger partial charge on any atom is 0.252 e. The minimum absolute atomic E-state index is 0.0213. The topological polar surface area (TPSA) is 9.72 Å². The van der Waals surface area contributed by atoms with Gasteiger partial charge in [-0.3, -0.25) is 0 Å². The Balaban J connectivity index is 1.29. The van der Waals surface area contributed by atoms with E-state index in [1.165, 1.54) is 124 Å². The minimum atomic E-state index is -0.0366. The van der Waals surface area contributed by atoms with E-state index in [4.69, 9.17) is 0 Å². The lowest BCUT2D eigenvalue weighted by Gasteiger charge is -2.55. The second-order valence-corrected chi connectivity index (χ2v) is 20.6. The number of nitrogens with zero attached hydrogens (tertiary/aromatic N) is 3. The summed E-state index contributed by atoms with van der Waals surface area (Å²) in [6.45, 7) is 22.3. The minimum Gasteiger partial charge on any atom is -0.335 e. The lowest BCUT2D eigenvalue weighted by atomic mass is 9.33. The largest absolute Gasteiger partial charge is 0.335 e. The smallest absolute Gasteiger partial charge is 0.252 e. The third-order valence-electron chi connectivity index (χ3n) is 16.6. The van der Waals surface area contributed by atoms with E-state index in [0.717, 1.165) is 0 Å². The van der Waals surface area contributed by atoms with Gasteiger partial charge in [-0.05, 0) is 128 Å². The van der Waals surface area contributed by atoms with Crippen LogP contribution in [0.3, 0.4) is 0 Å². The molecule has 2 aliphatic carbocycles. The molecule has 4 heterocycles. The molecule has 56 heavy (non-hydrogen) atoms. The van der Waals surface area contributed by atoms with Gasteiger partial charge in [-0.1, -0.05) is 126 Å². The van der Waals surface area contributed by atoms with Crippen molar-refractivity contribution in [2.24, 2.45) is 0 Å². The summed E-state index contributed by atoms with van der Waals surface area (Å²) >= 11 is 0. The molecule has 6 aliphatic rings. The monoisotopic (exact) mass is 735 g/mol. The van der Waals surface area contributed by atoms with Crippen molar-refractivity contribution < 1.29 is 0 Å². The molecule has 4 atom stereocenters. The van der Waals surface area contributed by atoms with Gasteiger partial charge in [0.25, 0.3) is 6.71 Å². The van der Waals surface area contributed by atoms with Gasteiger partial charge < -0.3 is 14.7 Å². The van der Waals surface area contributed by atoms with Gasteiger partial charge in [0.15, 0.2) is 0 Å². The van der Waals surface area contributed by atoms with Gasteiger partial charge in [0.1, 0.15) is 0 Å². The third-order valence-corrected chi connectivity index (χ3v) is 16.6. The van der Waals surface area contributed by atoms with Crippen molar-refractivity contribution >= 4 is 62.9 Å². The number of hydrogen-bond acceptors (Lipinski definition) is 3. The predicted octanol–water partition coefficient (Wildman–Crippen LogP) is 11.7. The van der Waals surface area contributed by atoms with Gasteiger partial charge in [-0.2, -0.15) is 0 Å². The second-order valence-electron chi connectivity index (χ2n) is 20.6. The molecule has 0 N–H and O–H groups in total. The standard InChI is InChI=1S/C52H58BN3/c1-33-17-21-36(22-18-33)54(37-23-19-34(2)20-24-37)38-31-43-45-44(32-38)56-47-40(50(7)26-11-13-28-52(50,56)9)29-35(48(3,4)5)30-42(47)53(45)41-16-14-15-39-46(41)55(43)51(8)27-12-10-25-49(39,51)6/h14-24,29-32H,10-13,25-28H2,1-9H3. The third kappa shape index (κ3) is 4.16. The highest BCUT2D eigenvalue weighted by molar-refractivity contribution is 7.00. The Labute approximate surface area is 336 Å². The van der Waals surface area contributed by atoms with Crippen LogP contribution in [0, 0.1) is 13.8 Å². The molecule has 4 aliphatic heterocycles. The zero-order chi connectivity index (χ0) is 38.7. The molecular weight excluding hydrogens is 677 g/mol. The van der Waals surface area contributed by atoms with Crippen LogP contribution in [0.5, 0.6) is 0 Å². The number of aryl methyl sites for hydroxylation is 2. The van der Waals surface area contributed by atoms with Crippen molar-refractivity contribution in [1.29, 1.82) is 0 Å². The molecule has 0 bridgehead atoms. The zero-order valence-corrected chi connectivity index (χ0v) is 35.2. The molecule has 4 unspecified atom stereocenters. The molecule has 5 aromatic carbocycles. The molecule has 0 aromatic heterocycles. The highest BCUT2D eigenvalue weighted by atomic mass is 15.3. The van der Waals surface area contributed by atoms with Crippen LogP contribution < -0.4 is 31.1 Å². The fourth-order valence-corrected chi connectivity index (χ4v) is 13.0. The maximum atomic E-state index is 2.93. The molecule has 11 rings (SSSR count). The van der Waals surface area contributed by atoms with Crippen molar-refractivity contribution in [3.63, 3.8) is 0 Å². The number of anilines is 7. The normalized spacial score (nSPS) is 27.7. The Morgan fingerprint density at radius 2 is 1.05 bits per heavy atom. The fraction of sp³-hybridized carbons (Fsp3) is 0.423. The van der Waals surface area contributed by atoms with E-state index in [1.807, 2.05) is 0 Å². The van der Waals surface area contributed by atoms with Gasteiger partial charge in [0.2, 0.25) is 0 Å². The Morgan fingerprint density at radius 3 is 1.59 bits per heavy atom. The van der Waals surface area contributed by atoms with Crippen LogP contribution in [0.2, 0.25) is 0 Å². The molecule has 3 nitrogen and oxygen atoms in total. The summed E-state index contributed by atoms with van der Waals surface area (Å²) in [7, 11) is 0. The van der Waals surface area contributed by atoms with Crippen LogP contribution in [-0.4, -0.2) is 17.8 Å². The quantitative estimate of drug-likeness (QED) is 0.171. The summed E-state index contributed by atoms with van der Waals surface area (Å²) in [5.74, 6) is 0. The highest BCUT2D eigenvalue weighted by Gasteiger charge is 2.65. The van der Waals surface area contributed by atoms with Gasteiger partial charge in [0.05, 0.1) is 16.8 Å². The molecule has 284 valence electrons. The molecule has 4 heteroatoms. The number of hydrogen-bond donors (Lipinski definition) is 0. The molecule has 0 amide bonds. The van der Waals surface area contributed by atoms with Crippen LogP contribution in [0.15, 0.2) is 91.0 Å². The SMILES string of the molecule is Cc1ccc(N(c2ccc(C)cc2)c2cc3c4c(c2)N2c5c(cc(C(C)(C)C)cc5C5(C)CCCCC25C)B4c2cccc4c2N3C2(C)CCCCC42C)cc1. The molecule has 0 saturated heterocycles. The lowest BCUT2D eigenvalue weighted by molar-refractivity contribution is 0.194. The molecule has 2 fully saturated rings. The predicted molar refractivity (Wildman–Crippen MR) is 240 cm³/mol. The van der Waals surface area contributed by atoms with E-state index >= 15 is 0 Å². The van der Waals surface area contributed by atoms with Crippen LogP contribution in [-0.2, 0) is 16.2 Å². The van der Waals surface area contributed by atoms with Gasteiger partial charge in [0, 0.05) is 45.0 Å². The van der Waals surface area contributed by atoms with Crippen molar-refractivity contribution in [2.45, 2.75) is 141 Å². The molecule has 2 saturated carbocycles. The van der Waals surface area contributed by atoms with E-state index in [2.05, 4.69) is 168 Å². The Kier molecular flexibility index (Phi) is 6.92. The molecule has 0 spiro atoms. The maximum absolute atomic E-state index is 2.93. The van der Waals surface area contributed by atoms with E-state index in [9.17, 15) is 0 Å². The summed E-state index contributed by atoms with van der Waals surface area (Å²) in [6.07, 6.45) is 10.0. The molecule has 5 aromatic rings. The van der Waals surface area contributed by atoms with Crippen LogP contribution in [0.25, 0.3) is 0 Å². The highest BCUT2D eigenvalue weighted by Crippen LogP contribution is 2.65. The first-order valence-electron chi connectivity index (χ1n) is 21.7. The number of fused-ring (bicyclic) bond motifs is 10. The first-order valence-corrected chi connectivity index (χ1v) is 21.7. The summed E-state index contributed by atoms with van der Waals surface area (Å²) in [4.78, 5) is 8.39. The average Bonchev–Trinajstić information content (AvgIpc) is 3.52. The van der Waals surface area contributed by atoms with Crippen molar-refractivity contribution in [3.05, 3.63) is 119 Å². The Bertz CT molecular complexity index is 2410. The van der Waals surface area contributed by atoms with Crippen LogP contribution in [0.1, 0.15) is 128 Å². The first-order chi connectivity index (χ1) is 26.7. The number of para-hydroxylation sites is 1. The van der Waals surface area contributed by atoms with Crippen molar-refractivity contribution in [1.82, 2.24) is 0 Å². The first kappa shape index (κ1) is 34.8. The summed E-state index contributed by atoms with van der Waals surface area (Å²) in [5, 5.41) is 0. The Morgan fingerprint density at radius 1 is 0.554 bits per heavy atom. The molecular formula is C52H58BN3. The summed E-state index contributed by atoms with van der Waals surface area (Å²) in [6, 6.07) is 36.4. The van der Waals surface area contributed by atoms with Crippen molar-refractivity contribution in [2.75, 3.05) is 14.7 Å². The fourth-order valence-electron chi connectivity index (χ4n) is 13.0. The summed E-state index contributed by atoms with van der Waals surface area (Å²) < 4.78 is 0. The van der Waals surface area contributed by atoms with Crippen LogP contribution >= 0.6 is 0 Å². The van der Waals surface area contributed by atoms with Gasteiger partial charge in [-0.25, -0.2) is 0 Å². The van der Waals surface area contributed by atoms with Gasteiger partial charge in [-0.15, -0.1) is 0 Å². The second kappa shape index (κ2) is 11.1. The van der Waals surface area contributed by atoms with Crippen molar-refractivity contribution in [3.8, 4) is 0 Å². The summed E-state index contributed by atoms with van der Waals surface area (Å²) in [5.41, 5.74) is 21.5. The molecule has 0 radical (unpaired) electrons. The van der Waals surface area contributed by atoms with E-state index < -0.39 is 0 Å². The Hall–Kier alpha value is -4.44. The number of rotatable bonds is 3. The van der Waals surface area contributed by atoms with E-state index in [0.29, 0.717) is 0 Å². The van der Waals surface area contributed by atoms with E-state index in [1.54, 1.807) is 11.1 Å². The lowest BCUT2D eigenvalue weighted by Crippen LogP contribution is -2.66.